The molecule has 2 aliphatic heterocycles. The molecule has 0 radical (unpaired) electrons. The minimum atomic E-state index is -3.73. The normalized spacial score (nSPS) is 21.0. The van der Waals surface area contributed by atoms with Gasteiger partial charge in [-0.1, -0.05) is 13.0 Å². The number of halogens is 4. The molecule has 0 saturated carbocycles. The zero-order chi connectivity index (χ0) is 28.5. The molecule has 2 aromatic rings. The molecular weight excluding hydrogens is 532 g/mol. The molecule has 1 saturated heterocycles. The van der Waals surface area contributed by atoms with Crippen molar-refractivity contribution in [3.63, 3.8) is 0 Å². The summed E-state index contributed by atoms with van der Waals surface area (Å²) in [6, 6.07) is 5.82. The van der Waals surface area contributed by atoms with Gasteiger partial charge in [-0.05, 0) is 69.0 Å². The summed E-state index contributed by atoms with van der Waals surface area (Å²) in [5.41, 5.74) is -0.321. The summed E-state index contributed by atoms with van der Waals surface area (Å²) in [5.74, 6) is -1.52. The van der Waals surface area contributed by atoms with E-state index in [0.29, 0.717) is 49.3 Å². The molecule has 216 valence electrons. The third-order valence-corrected chi connectivity index (χ3v) is 8.86. The number of rotatable bonds is 11. The molecule has 0 spiro atoms. The average molecular weight is 571 g/mol. The number of fused-ring (bicyclic) bond motifs is 1. The van der Waals surface area contributed by atoms with Gasteiger partial charge in [-0.15, -0.1) is 0 Å². The van der Waals surface area contributed by atoms with E-state index < -0.39 is 33.4 Å². The van der Waals surface area contributed by atoms with Crippen LogP contribution in [0.25, 0.3) is 0 Å². The van der Waals surface area contributed by atoms with Crippen molar-refractivity contribution in [2.45, 2.75) is 69.2 Å². The van der Waals surface area contributed by atoms with Crippen molar-refractivity contribution in [2.75, 3.05) is 44.7 Å². The van der Waals surface area contributed by atoms with Gasteiger partial charge in [0.25, 0.3) is 0 Å². The standard InChI is InChI=1S/C28H38F4N4O2S/c1-5-33-39(37,38)22-7-8-23-19(12-22)11-18(2)36(17-28(3,4)32)27(23)26-24(30)13-20(14-25(26)31)34-21-15-35(16-21)10-6-9-29/h7-8,12-14,18,21,27,33-34H,5-6,9-11,15-17H2,1-4H3/t18-,27+/m1/s1. The van der Waals surface area contributed by atoms with Crippen LogP contribution in [0.2, 0.25) is 0 Å². The Hall–Kier alpha value is -2.21. The van der Waals surface area contributed by atoms with E-state index in [0.717, 1.165) is 0 Å². The van der Waals surface area contributed by atoms with Crippen LogP contribution in [-0.2, 0) is 16.4 Å². The van der Waals surface area contributed by atoms with E-state index in [1.54, 1.807) is 24.0 Å². The fourth-order valence-corrected chi connectivity index (χ4v) is 6.72. The van der Waals surface area contributed by atoms with Gasteiger partial charge in [-0.2, -0.15) is 0 Å². The highest BCUT2D eigenvalue weighted by Crippen LogP contribution is 2.42. The van der Waals surface area contributed by atoms with Crippen molar-refractivity contribution in [3.8, 4) is 0 Å². The Bertz CT molecular complexity index is 1260. The molecule has 0 unspecified atom stereocenters. The average Bonchev–Trinajstić information content (AvgIpc) is 2.80. The fourth-order valence-electron chi connectivity index (χ4n) is 5.63. The van der Waals surface area contributed by atoms with Gasteiger partial charge in [0.05, 0.1) is 23.7 Å². The van der Waals surface area contributed by atoms with Gasteiger partial charge in [0.15, 0.2) is 0 Å². The predicted molar refractivity (Wildman–Crippen MR) is 145 cm³/mol. The maximum absolute atomic E-state index is 15.7. The lowest BCUT2D eigenvalue weighted by Crippen LogP contribution is -2.54. The van der Waals surface area contributed by atoms with Gasteiger partial charge in [0.1, 0.15) is 17.3 Å². The number of hydrogen-bond donors (Lipinski definition) is 2. The number of sulfonamides is 1. The summed E-state index contributed by atoms with van der Waals surface area (Å²) < 4.78 is 86.5. The zero-order valence-corrected chi connectivity index (χ0v) is 23.7. The molecule has 2 aliphatic rings. The second-order valence-corrected chi connectivity index (χ2v) is 13.0. The van der Waals surface area contributed by atoms with Gasteiger partial charge in [0, 0.05) is 50.0 Å². The molecule has 39 heavy (non-hydrogen) atoms. The van der Waals surface area contributed by atoms with E-state index in [-0.39, 0.29) is 42.3 Å². The quantitative estimate of drug-likeness (QED) is 0.380. The molecule has 0 aromatic heterocycles. The van der Waals surface area contributed by atoms with Crippen LogP contribution in [0.3, 0.4) is 0 Å². The first kappa shape index (κ1) is 29.8. The molecule has 0 bridgehead atoms. The minimum Gasteiger partial charge on any atom is -0.380 e. The lowest BCUT2D eigenvalue weighted by Gasteiger charge is -2.44. The molecule has 2 atom stereocenters. The van der Waals surface area contributed by atoms with Gasteiger partial charge in [0.2, 0.25) is 10.0 Å². The van der Waals surface area contributed by atoms with Gasteiger partial charge in [-0.3, -0.25) is 14.2 Å². The summed E-state index contributed by atoms with van der Waals surface area (Å²) in [5, 5.41) is 3.15. The van der Waals surface area contributed by atoms with Crippen LogP contribution in [0.4, 0.5) is 23.2 Å². The van der Waals surface area contributed by atoms with Gasteiger partial charge >= 0.3 is 0 Å². The smallest absolute Gasteiger partial charge is 0.240 e. The Balaban J connectivity index is 1.69. The molecule has 4 rings (SSSR count). The van der Waals surface area contributed by atoms with Crippen LogP contribution < -0.4 is 10.0 Å². The van der Waals surface area contributed by atoms with Gasteiger partial charge in [-0.25, -0.2) is 26.3 Å². The summed E-state index contributed by atoms with van der Waals surface area (Å²) in [6.45, 7) is 8.14. The third-order valence-electron chi connectivity index (χ3n) is 7.31. The summed E-state index contributed by atoms with van der Waals surface area (Å²) in [6.07, 6.45) is 0.863. The van der Waals surface area contributed by atoms with Crippen LogP contribution in [-0.4, -0.2) is 75.4 Å². The molecule has 1 fully saturated rings. The van der Waals surface area contributed by atoms with Crippen molar-refractivity contribution in [1.82, 2.24) is 14.5 Å². The van der Waals surface area contributed by atoms with Crippen molar-refractivity contribution < 1.29 is 26.0 Å². The number of nitrogens with zero attached hydrogens (tertiary/aromatic N) is 2. The van der Waals surface area contributed by atoms with Crippen molar-refractivity contribution in [3.05, 3.63) is 58.7 Å². The zero-order valence-electron chi connectivity index (χ0n) is 22.9. The molecule has 2 aromatic carbocycles. The van der Waals surface area contributed by atoms with Crippen LogP contribution in [0.15, 0.2) is 35.2 Å². The van der Waals surface area contributed by atoms with E-state index in [1.807, 2.05) is 6.92 Å². The van der Waals surface area contributed by atoms with Crippen molar-refractivity contribution >= 4 is 15.7 Å². The number of hydrogen-bond acceptors (Lipinski definition) is 5. The molecule has 6 nitrogen and oxygen atoms in total. The van der Waals surface area contributed by atoms with E-state index >= 15 is 8.78 Å². The number of benzene rings is 2. The monoisotopic (exact) mass is 570 g/mol. The van der Waals surface area contributed by atoms with Crippen molar-refractivity contribution in [2.24, 2.45) is 0 Å². The van der Waals surface area contributed by atoms with Crippen LogP contribution in [0, 0.1) is 11.6 Å². The van der Waals surface area contributed by atoms with E-state index in [2.05, 4.69) is 14.9 Å². The lowest BCUT2D eigenvalue weighted by atomic mass is 9.84. The SMILES string of the molecule is CCNS(=O)(=O)c1ccc2c(c1)C[C@@H](C)N(CC(C)(C)F)[C@@H]2c1c(F)cc(NC2CN(CCCF)C2)cc1F. The molecule has 0 aliphatic carbocycles. The third kappa shape index (κ3) is 6.75. The van der Waals surface area contributed by atoms with Crippen LogP contribution >= 0.6 is 0 Å². The lowest BCUT2D eigenvalue weighted by molar-refractivity contribution is 0.0652. The largest absolute Gasteiger partial charge is 0.380 e. The number of alkyl halides is 2. The fraction of sp³-hybridized carbons (Fsp3) is 0.571. The highest BCUT2D eigenvalue weighted by molar-refractivity contribution is 7.89. The first-order valence-electron chi connectivity index (χ1n) is 13.4. The Morgan fingerprint density at radius 1 is 1.10 bits per heavy atom. The van der Waals surface area contributed by atoms with Crippen molar-refractivity contribution in [1.29, 1.82) is 0 Å². The molecule has 2 heterocycles. The highest BCUT2D eigenvalue weighted by Gasteiger charge is 2.40. The van der Waals surface area contributed by atoms with E-state index in [1.165, 1.54) is 32.0 Å². The summed E-state index contributed by atoms with van der Waals surface area (Å²) >= 11 is 0. The second kappa shape index (κ2) is 11.7. The first-order valence-corrected chi connectivity index (χ1v) is 14.9. The maximum atomic E-state index is 15.7. The number of nitrogens with one attached hydrogen (secondary N) is 2. The van der Waals surface area contributed by atoms with E-state index in [4.69, 9.17) is 0 Å². The maximum Gasteiger partial charge on any atom is 0.240 e. The van der Waals surface area contributed by atoms with E-state index in [9.17, 15) is 17.2 Å². The molecule has 11 heteroatoms. The Morgan fingerprint density at radius 3 is 2.36 bits per heavy atom. The Labute approximate surface area is 228 Å². The second-order valence-electron chi connectivity index (χ2n) is 11.2. The molecule has 0 amide bonds. The number of anilines is 1. The van der Waals surface area contributed by atoms with Gasteiger partial charge < -0.3 is 5.32 Å². The Morgan fingerprint density at radius 2 is 1.77 bits per heavy atom. The van der Waals surface area contributed by atoms with Crippen LogP contribution in [0.5, 0.6) is 0 Å². The predicted octanol–water partition coefficient (Wildman–Crippen LogP) is 4.80. The summed E-state index contributed by atoms with van der Waals surface area (Å²) in [4.78, 5) is 3.90. The molecular formula is C28H38F4N4O2S. The minimum absolute atomic E-state index is 0.00521. The highest BCUT2D eigenvalue weighted by atomic mass is 32.2. The number of likely N-dealkylation sites (tertiary alicyclic amines) is 1. The van der Waals surface area contributed by atoms with Crippen LogP contribution in [0.1, 0.15) is 56.8 Å². The topological polar surface area (TPSA) is 64.7 Å². The summed E-state index contributed by atoms with van der Waals surface area (Å²) in [7, 11) is -3.73. The first-order chi connectivity index (χ1) is 18.3. The molecule has 2 N–H and O–H groups in total. The Kier molecular flexibility index (Phi) is 8.95.